The van der Waals surface area contributed by atoms with E-state index in [2.05, 4.69) is 44.9 Å². The van der Waals surface area contributed by atoms with E-state index in [9.17, 15) is 0 Å². The molecule has 4 nitrogen and oxygen atoms in total. The second-order valence-electron chi connectivity index (χ2n) is 4.64. The zero-order chi connectivity index (χ0) is 13.0. The number of hydrogen-bond acceptors (Lipinski definition) is 3. The molecule has 2 rings (SSSR count). The van der Waals surface area contributed by atoms with Crippen molar-refractivity contribution in [1.29, 1.82) is 0 Å². The number of aromatic nitrogens is 2. The van der Waals surface area contributed by atoms with Crippen LogP contribution in [0.5, 0.6) is 0 Å². The molecule has 18 heavy (non-hydrogen) atoms. The lowest BCUT2D eigenvalue weighted by atomic mass is 10.1. The SMILES string of the molecule is CCc1nn(CC)c(CNC2CCOCC2)c1Br. The van der Waals surface area contributed by atoms with Gasteiger partial charge in [-0.2, -0.15) is 5.10 Å². The number of hydrogen-bond donors (Lipinski definition) is 1. The lowest BCUT2D eigenvalue weighted by Gasteiger charge is -2.23. The highest BCUT2D eigenvalue weighted by molar-refractivity contribution is 9.10. The van der Waals surface area contributed by atoms with Crippen molar-refractivity contribution in [3.8, 4) is 0 Å². The van der Waals surface area contributed by atoms with Gasteiger partial charge in [0.05, 0.1) is 15.9 Å². The van der Waals surface area contributed by atoms with Gasteiger partial charge in [0, 0.05) is 32.3 Å². The summed E-state index contributed by atoms with van der Waals surface area (Å²) in [6, 6.07) is 0.580. The molecule has 1 aromatic heterocycles. The van der Waals surface area contributed by atoms with E-state index >= 15 is 0 Å². The highest BCUT2D eigenvalue weighted by Gasteiger charge is 2.17. The van der Waals surface area contributed by atoms with E-state index in [4.69, 9.17) is 4.74 Å². The lowest BCUT2D eigenvalue weighted by Crippen LogP contribution is -2.34. The summed E-state index contributed by atoms with van der Waals surface area (Å²) in [6.45, 7) is 7.84. The Balaban J connectivity index is 2.01. The second kappa shape index (κ2) is 6.68. The summed E-state index contributed by atoms with van der Waals surface area (Å²) >= 11 is 3.68. The zero-order valence-electron chi connectivity index (χ0n) is 11.2. The van der Waals surface area contributed by atoms with Gasteiger partial charge in [0.15, 0.2) is 0 Å². The smallest absolute Gasteiger partial charge is 0.0767 e. The quantitative estimate of drug-likeness (QED) is 0.907. The predicted octanol–water partition coefficient (Wildman–Crippen LogP) is 2.50. The number of nitrogens with one attached hydrogen (secondary N) is 1. The van der Waals surface area contributed by atoms with Crippen molar-refractivity contribution in [3.05, 3.63) is 15.9 Å². The molecule has 0 amide bonds. The largest absolute Gasteiger partial charge is 0.381 e. The molecule has 1 aromatic rings. The first-order valence-corrected chi connectivity index (χ1v) is 7.60. The van der Waals surface area contributed by atoms with E-state index in [1.54, 1.807) is 0 Å². The van der Waals surface area contributed by atoms with E-state index in [0.717, 1.165) is 51.3 Å². The Labute approximate surface area is 117 Å². The predicted molar refractivity (Wildman–Crippen MR) is 75.7 cm³/mol. The van der Waals surface area contributed by atoms with Gasteiger partial charge in [-0.25, -0.2) is 0 Å². The van der Waals surface area contributed by atoms with Gasteiger partial charge in [0.2, 0.25) is 0 Å². The van der Waals surface area contributed by atoms with Crippen molar-refractivity contribution in [1.82, 2.24) is 15.1 Å². The van der Waals surface area contributed by atoms with Crippen LogP contribution in [0.1, 0.15) is 38.1 Å². The van der Waals surface area contributed by atoms with E-state index in [0.29, 0.717) is 6.04 Å². The molecule has 102 valence electrons. The molecule has 0 atom stereocenters. The highest BCUT2D eigenvalue weighted by Crippen LogP contribution is 2.22. The molecule has 0 spiro atoms. The number of ether oxygens (including phenoxy) is 1. The van der Waals surface area contributed by atoms with Crippen LogP contribution in [-0.4, -0.2) is 29.0 Å². The third-order valence-electron chi connectivity index (χ3n) is 3.47. The normalized spacial score (nSPS) is 17.3. The maximum Gasteiger partial charge on any atom is 0.0767 e. The molecule has 0 saturated carbocycles. The number of rotatable bonds is 5. The molecule has 0 aliphatic carbocycles. The van der Waals surface area contributed by atoms with Crippen LogP contribution in [0.3, 0.4) is 0 Å². The van der Waals surface area contributed by atoms with Gasteiger partial charge >= 0.3 is 0 Å². The molecule has 5 heteroatoms. The van der Waals surface area contributed by atoms with Crippen LogP contribution < -0.4 is 5.32 Å². The van der Waals surface area contributed by atoms with Crippen molar-refractivity contribution >= 4 is 15.9 Å². The highest BCUT2D eigenvalue weighted by atomic mass is 79.9. The van der Waals surface area contributed by atoms with Crippen LogP contribution in [0, 0.1) is 0 Å². The summed E-state index contributed by atoms with van der Waals surface area (Å²) in [4.78, 5) is 0. The summed E-state index contributed by atoms with van der Waals surface area (Å²) in [7, 11) is 0. The third kappa shape index (κ3) is 3.13. The minimum Gasteiger partial charge on any atom is -0.381 e. The summed E-state index contributed by atoms with van der Waals surface area (Å²) < 4.78 is 8.64. The van der Waals surface area contributed by atoms with Gasteiger partial charge in [-0.1, -0.05) is 6.92 Å². The molecule has 1 saturated heterocycles. The Morgan fingerprint density at radius 2 is 2.11 bits per heavy atom. The Bertz CT molecular complexity index is 386. The minimum absolute atomic E-state index is 0.580. The van der Waals surface area contributed by atoms with E-state index in [1.807, 2.05) is 0 Å². The minimum atomic E-state index is 0.580. The van der Waals surface area contributed by atoms with Crippen molar-refractivity contribution in [2.24, 2.45) is 0 Å². The fourth-order valence-corrected chi connectivity index (χ4v) is 3.03. The van der Waals surface area contributed by atoms with E-state index in [-0.39, 0.29) is 0 Å². The van der Waals surface area contributed by atoms with Crippen molar-refractivity contribution < 1.29 is 4.74 Å². The Morgan fingerprint density at radius 1 is 1.39 bits per heavy atom. The molecule has 1 aliphatic heterocycles. The van der Waals surface area contributed by atoms with Crippen LogP contribution in [-0.2, 0) is 24.2 Å². The molecular formula is C13H22BrN3O. The van der Waals surface area contributed by atoms with Gasteiger partial charge in [-0.05, 0) is 42.1 Å². The van der Waals surface area contributed by atoms with Crippen LogP contribution in [0.25, 0.3) is 0 Å². The maximum atomic E-state index is 5.38. The van der Waals surface area contributed by atoms with Crippen molar-refractivity contribution in [3.63, 3.8) is 0 Å². The number of aryl methyl sites for hydroxylation is 2. The van der Waals surface area contributed by atoms with E-state index < -0.39 is 0 Å². The molecule has 1 fully saturated rings. The molecule has 0 aromatic carbocycles. The Hall–Kier alpha value is -0.390. The van der Waals surface area contributed by atoms with Gasteiger partial charge in [-0.3, -0.25) is 4.68 Å². The molecule has 1 aliphatic rings. The molecular weight excluding hydrogens is 294 g/mol. The standard InChI is InChI=1S/C13H22BrN3O/c1-3-11-13(14)12(17(4-2)16-11)9-15-10-5-7-18-8-6-10/h10,15H,3-9H2,1-2H3. The monoisotopic (exact) mass is 315 g/mol. The fourth-order valence-electron chi connectivity index (χ4n) is 2.33. The third-order valence-corrected chi connectivity index (χ3v) is 4.39. The van der Waals surface area contributed by atoms with Gasteiger partial charge in [0.25, 0.3) is 0 Å². The van der Waals surface area contributed by atoms with Crippen molar-refractivity contribution in [2.45, 2.75) is 52.2 Å². The molecule has 0 bridgehead atoms. The van der Waals surface area contributed by atoms with Crippen molar-refractivity contribution in [2.75, 3.05) is 13.2 Å². The summed E-state index contributed by atoms with van der Waals surface area (Å²) in [5.41, 5.74) is 2.42. The fraction of sp³-hybridized carbons (Fsp3) is 0.769. The van der Waals surface area contributed by atoms with Gasteiger partial charge in [0.1, 0.15) is 0 Å². The lowest BCUT2D eigenvalue weighted by molar-refractivity contribution is 0.0774. The summed E-state index contributed by atoms with van der Waals surface area (Å²) in [5, 5.41) is 8.24. The molecule has 1 N–H and O–H groups in total. The van der Waals surface area contributed by atoms with Gasteiger partial charge < -0.3 is 10.1 Å². The average molecular weight is 316 g/mol. The first-order chi connectivity index (χ1) is 8.76. The average Bonchev–Trinajstić information content (AvgIpc) is 2.73. The Kier molecular flexibility index (Phi) is 5.21. The summed E-state index contributed by atoms with van der Waals surface area (Å²) in [6.07, 6.45) is 3.19. The molecule has 0 unspecified atom stereocenters. The van der Waals surface area contributed by atoms with Crippen LogP contribution in [0.2, 0.25) is 0 Å². The first-order valence-electron chi connectivity index (χ1n) is 6.81. The number of nitrogens with zero attached hydrogens (tertiary/aromatic N) is 2. The van der Waals surface area contributed by atoms with Crippen LogP contribution in [0.15, 0.2) is 4.47 Å². The second-order valence-corrected chi connectivity index (χ2v) is 5.44. The first kappa shape index (κ1) is 14.0. The topological polar surface area (TPSA) is 39.1 Å². The van der Waals surface area contributed by atoms with Crippen LogP contribution in [0.4, 0.5) is 0 Å². The van der Waals surface area contributed by atoms with Crippen LogP contribution >= 0.6 is 15.9 Å². The summed E-state index contributed by atoms with van der Waals surface area (Å²) in [5.74, 6) is 0. The zero-order valence-corrected chi connectivity index (χ0v) is 12.8. The Morgan fingerprint density at radius 3 is 2.72 bits per heavy atom. The number of halogens is 1. The van der Waals surface area contributed by atoms with Gasteiger partial charge in [-0.15, -0.1) is 0 Å². The molecule has 2 heterocycles. The maximum absolute atomic E-state index is 5.38. The molecule has 0 radical (unpaired) electrons. The van der Waals surface area contributed by atoms with E-state index in [1.165, 1.54) is 10.2 Å².